The first kappa shape index (κ1) is 31.1. The van der Waals surface area contributed by atoms with E-state index >= 15 is 0 Å². The van der Waals surface area contributed by atoms with Crippen molar-refractivity contribution in [1.29, 1.82) is 0 Å². The molecule has 3 aromatic carbocycles. The van der Waals surface area contributed by atoms with Gasteiger partial charge in [-0.05, 0) is 68.1 Å². The molecule has 9 nitrogen and oxygen atoms in total. The minimum absolute atomic E-state index is 0.113. The lowest BCUT2D eigenvalue weighted by atomic mass is 10.1. The maximum atomic E-state index is 14.1. The molecule has 0 spiro atoms. The normalized spacial score (nSPS) is 11.6. The van der Waals surface area contributed by atoms with E-state index in [2.05, 4.69) is 25.9 Å². The van der Waals surface area contributed by atoms with Gasteiger partial charge in [-0.3, -0.25) is 9.72 Å². The second-order valence-corrected chi connectivity index (χ2v) is 13.3. The lowest BCUT2D eigenvalue weighted by molar-refractivity contribution is 0.251. The number of halogens is 2. The fourth-order valence-corrected chi connectivity index (χ4v) is 5.95. The largest absolute Gasteiger partial charge is 0.507 e. The number of para-hydroxylation sites is 1. The quantitative estimate of drug-likeness (QED) is 0.147. The molecule has 0 fully saturated rings. The number of amides is 2. The zero-order valence-corrected chi connectivity index (χ0v) is 26.7. The van der Waals surface area contributed by atoms with Crippen LogP contribution in [0.2, 0.25) is 0 Å². The third-order valence-corrected chi connectivity index (χ3v) is 9.71. The van der Waals surface area contributed by atoms with Gasteiger partial charge in [-0.1, -0.05) is 42.1 Å². The Morgan fingerprint density at radius 2 is 1.74 bits per heavy atom. The second-order valence-electron chi connectivity index (χ2n) is 10.8. The lowest BCUT2D eigenvalue weighted by Crippen LogP contribution is -2.29. The molecule has 0 aliphatic carbocycles. The number of pyridine rings is 1. The highest BCUT2D eigenvalue weighted by atomic mass is 32.2. The van der Waals surface area contributed by atoms with Crippen LogP contribution < -0.4 is 10.6 Å². The van der Waals surface area contributed by atoms with E-state index < -0.39 is 22.4 Å². The molecule has 0 atom stereocenters. The molecule has 0 unspecified atom stereocenters. The van der Waals surface area contributed by atoms with Gasteiger partial charge in [0.2, 0.25) is 0 Å². The molecule has 6 rings (SSSR count). The van der Waals surface area contributed by atoms with Crippen LogP contribution in [-0.2, 0) is 11.3 Å². The van der Waals surface area contributed by atoms with Crippen LogP contribution in [0.3, 0.4) is 0 Å². The standard InChI is InChI=1S/C33H29F2N7O2S2/c1-33(2,45-3)28-17-30(42(40-28)21-12-14-24(34)25(35)16-21)37-32(44)36-18-20-8-4-7-11-27(20)46-22-13-15-29-38-39-31(41(29)19-22)23-9-5-6-10-26(23)43/h4-17,19,43H,18H2,1-3H3,(H2,36,37,44). The van der Waals surface area contributed by atoms with E-state index in [4.69, 9.17) is 0 Å². The number of anilines is 1. The van der Waals surface area contributed by atoms with Crippen LogP contribution in [0.25, 0.3) is 22.7 Å². The van der Waals surface area contributed by atoms with Crippen LogP contribution in [0.15, 0.2) is 101 Å². The number of phenols is 1. The Balaban J connectivity index is 1.20. The van der Waals surface area contributed by atoms with Gasteiger partial charge in [0.1, 0.15) is 11.6 Å². The molecule has 0 saturated heterocycles. The smallest absolute Gasteiger partial charge is 0.320 e. The van der Waals surface area contributed by atoms with E-state index in [1.807, 2.05) is 73.2 Å². The van der Waals surface area contributed by atoms with Gasteiger partial charge < -0.3 is 10.4 Å². The number of rotatable bonds is 9. The van der Waals surface area contributed by atoms with Gasteiger partial charge in [0, 0.05) is 34.7 Å². The molecule has 0 aliphatic heterocycles. The molecule has 0 aliphatic rings. The van der Waals surface area contributed by atoms with Crippen LogP contribution in [0.4, 0.5) is 19.4 Å². The Kier molecular flexibility index (Phi) is 8.69. The predicted molar refractivity (Wildman–Crippen MR) is 177 cm³/mol. The van der Waals surface area contributed by atoms with E-state index in [-0.39, 0.29) is 18.0 Å². The highest BCUT2D eigenvalue weighted by Gasteiger charge is 2.25. The lowest BCUT2D eigenvalue weighted by Gasteiger charge is -2.18. The second kappa shape index (κ2) is 12.9. The van der Waals surface area contributed by atoms with Crippen molar-refractivity contribution in [2.24, 2.45) is 0 Å². The Labute approximate surface area is 272 Å². The Morgan fingerprint density at radius 1 is 0.957 bits per heavy atom. The summed E-state index contributed by atoms with van der Waals surface area (Å²) in [6.45, 7) is 4.19. The van der Waals surface area contributed by atoms with Crippen molar-refractivity contribution in [2.45, 2.75) is 34.9 Å². The fraction of sp³-hybridized carbons (Fsp3) is 0.152. The number of urea groups is 1. The van der Waals surface area contributed by atoms with Crippen molar-refractivity contribution in [3.8, 4) is 22.8 Å². The summed E-state index contributed by atoms with van der Waals surface area (Å²) in [5.41, 5.74) is 3.03. The fourth-order valence-electron chi connectivity index (χ4n) is 4.67. The van der Waals surface area contributed by atoms with Crippen LogP contribution in [0, 0.1) is 11.6 Å². The summed E-state index contributed by atoms with van der Waals surface area (Å²) in [7, 11) is 0. The van der Waals surface area contributed by atoms with Gasteiger partial charge in [-0.2, -0.15) is 16.9 Å². The number of carbonyl (C=O) groups excluding carboxylic acids is 1. The first-order valence-corrected chi connectivity index (χ1v) is 16.2. The zero-order valence-electron chi connectivity index (χ0n) is 25.0. The summed E-state index contributed by atoms with van der Waals surface area (Å²) in [5, 5.41) is 29.2. The van der Waals surface area contributed by atoms with E-state index in [0.717, 1.165) is 27.5 Å². The molecule has 0 bridgehead atoms. The Bertz CT molecular complexity index is 2060. The van der Waals surface area contributed by atoms with Gasteiger partial charge in [0.05, 0.1) is 21.7 Å². The number of nitrogens with zero attached hydrogens (tertiary/aromatic N) is 5. The number of phenolic OH excluding ortho intramolecular Hbond substituents is 1. The minimum atomic E-state index is -1.01. The van der Waals surface area contributed by atoms with E-state index in [0.29, 0.717) is 28.5 Å². The van der Waals surface area contributed by atoms with E-state index in [1.165, 1.54) is 22.5 Å². The highest BCUT2D eigenvalue weighted by molar-refractivity contribution is 7.99. The highest BCUT2D eigenvalue weighted by Crippen LogP contribution is 2.36. The molecular formula is C33H29F2N7O2S2. The van der Waals surface area contributed by atoms with Crippen LogP contribution in [0.1, 0.15) is 25.1 Å². The average molecular weight is 658 g/mol. The minimum Gasteiger partial charge on any atom is -0.507 e. The first-order valence-electron chi connectivity index (χ1n) is 14.2. The van der Waals surface area contributed by atoms with Crippen LogP contribution in [0.5, 0.6) is 5.75 Å². The van der Waals surface area contributed by atoms with Crippen molar-refractivity contribution < 1.29 is 18.7 Å². The first-order chi connectivity index (χ1) is 22.1. The Hall–Kier alpha value is -4.88. The summed E-state index contributed by atoms with van der Waals surface area (Å²) in [6, 6.07) is 23.2. The van der Waals surface area contributed by atoms with Gasteiger partial charge >= 0.3 is 6.03 Å². The van der Waals surface area contributed by atoms with Crippen LogP contribution >= 0.6 is 23.5 Å². The number of fused-ring (bicyclic) bond motifs is 1. The monoisotopic (exact) mass is 657 g/mol. The SMILES string of the molecule is CSC(C)(C)c1cc(NC(=O)NCc2ccccc2Sc2ccc3nnc(-c4ccccc4O)n3c2)n(-c2ccc(F)c(F)c2)n1. The molecule has 0 radical (unpaired) electrons. The molecular weight excluding hydrogens is 629 g/mol. The number of thioether (sulfide) groups is 1. The van der Waals surface area contributed by atoms with Crippen molar-refractivity contribution in [1.82, 2.24) is 29.7 Å². The van der Waals surface area contributed by atoms with E-state index in [9.17, 15) is 18.7 Å². The molecule has 3 aromatic heterocycles. The number of carbonyl (C=O) groups is 1. The number of hydrogen-bond acceptors (Lipinski definition) is 7. The number of nitrogens with one attached hydrogen (secondary N) is 2. The van der Waals surface area contributed by atoms with E-state index in [1.54, 1.807) is 36.0 Å². The third-order valence-electron chi connectivity index (χ3n) is 7.39. The molecule has 6 aromatic rings. The molecule has 2 amide bonds. The molecule has 13 heteroatoms. The zero-order chi connectivity index (χ0) is 32.4. The predicted octanol–water partition coefficient (Wildman–Crippen LogP) is 7.64. The summed E-state index contributed by atoms with van der Waals surface area (Å²) in [4.78, 5) is 15.0. The topological polar surface area (TPSA) is 109 Å². The van der Waals surface area contributed by atoms with Gasteiger partial charge in [0.15, 0.2) is 23.1 Å². The number of hydrogen-bond donors (Lipinski definition) is 3. The maximum absolute atomic E-state index is 14.1. The summed E-state index contributed by atoms with van der Waals surface area (Å²) in [6.07, 6.45) is 3.86. The number of benzene rings is 3. The van der Waals surface area contributed by atoms with Crippen LogP contribution in [-0.4, -0.2) is 41.8 Å². The maximum Gasteiger partial charge on any atom is 0.320 e. The third kappa shape index (κ3) is 6.42. The van der Waals surface area contributed by atoms with Crippen molar-refractivity contribution in [2.75, 3.05) is 11.6 Å². The summed E-state index contributed by atoms with van der Waals surface area (Å²) in [5.74, 6) is -1.04. The molecule has 234 valence electrons. The number of aromatic nitrogens is 5. The molecule has 0 saturated carbocycles. The molecule has 46 heavy (non-hydrogen) atoms. The average Bonchev–Trinajstić information content (AvgIpc) is 3.67. The Morgan fingerprint density at radius 3 is 2.52 bits per heavy atom. The summed E-state index contributed by atoms with van der Waals surface area (Å²) >= 11 is 3.09. The van der Waals surface area contributed by atoms with Gasteiger partial charge in [0.25, 0.3) is 0 Å². The number of aromatic hydroxyl groups is 1. The van der Waals surface area contributed by atoms with Crippen molar-refractivity contribution in [3.63, 3.8) is 0 Å². The van der Waals surface area contributed by atoms with Crippen molar-refractivity contribution >= 4 is 41.0 Å². The summed E-state index contributed by atoms with van der Waals surface area (Å²) < 4.78 is 30.6. The molecule has 3 heterocycles. The van der Waals surface area contributed by atoms with Gasteiger partial charge in [-0.25, -0.2) is 18.3 Å². The van der Waals surface area contributed by atoms with Crippen molar-refractivity contribution in [3.05, 3.63) is 114 Å². The molecule has 3 N–H and O–H groups in total. The van der Waals surface area contributed by atoms with Gasteiger partial charge in [-0.15, -0.1) is 10.2 Å².